The lowest BCUT2D eigenvalue weighted by atomic mass is 10.0. The van der Waals surface area contributed by atoms with E-state index < -0.39 is 0 Å². The summed E-state index contributed by atoms with van der Waals surface area (Å²) in [5, 5.41) is 13.4. The second kappa shape index (κ2) is 5.08. The second-order valence-electron chi connectivity index (χ2n) is 4.37. The number of nitrogens with zero attached hydrogens (tertiary/aromatic N) is 2. The van der Waals surface area contributed by atoms with E-state index >= 15 is 0 Å². The van der Waals surface area contributed by atoms with Crippen LogP contribution in [0.15, 0.2) is 35.3 Å². The van der Waals surface area contributed by atoms with Gasteiger partial charge in [0.05, 0.1) is 5.69 Å². The van der Waals surface area contributed by atoms with Crippen molar-refractivity contribution in [2.45, 2.75) is 6.92 Å². The van der Waals surface area contributed by atoms with Gasteiger partial charge < -0.3 is 5.73 Å². The van der Waals surface area contributed by atoms with E-state index in [0.29, 0.717) is 10.6 Å². The smallest absolute Gasteiger partial charge is 0.129 e. The third-order valence-electron chi connectivity index (χ3n) is 3.10. The number of hydrogen-bond acceptors (Lipinski definition) is 5. The van der Waals surface area contributed by atoms with Crippen LogP contribution in [0.1, 0.15) is 10.4 Å². The van der Waals surface area contributed by atoms with Crippen LogP contribution < -0.4 is 5.73 Å². The van der Waals surface area contributed by atoms with Crippen LogP contribution in [0, 0.1) is 18.3 Å². The highest BCUT2D eigenvalue weighted by molar-refractivity contribution is 7.18. The Balaban J connectivity index is 2.31. The molecular formula is C15H11N3S2. The van der Waals surface area contributed by atoms with Gasteiger partial charge in [-0.05, 0) is 29.3 Å². The molecule has 0 aliphatic rings. The zero-order valence-electron chi connectivity index (χ0n) is 10.8. The molecule has 0 aliphatic heterocycles. The first-order valence-electron chi connectivity index (χ1n) is 5.98. The van der Waals surface area contributed by atoms with Gasteiger partial charge in [-0.1, -0.05) is 6.07 Å². The highest BCUT2D eigenvalue weighted by Gasteiger charge is 2.20. The lowest BCUT2D eigenvalue weighted by Gasteiger charge is -2.05. The molecule has 0 unspecified atom stereocenters. The standard InChI is InChI=1S/C15H11N3S2/c1-9-7-19-8-11(9)15-13(10-3-2-4-18-6-10)14(17)12(5-16)20-15/h2-4,6-8H,17H2,1H3. The fourth-order valence-corrected chi connectivity index (χ4v) is 4.14. The van der Waals surface area contributed by atoms with E-state index in [4.69, 9.17) is 5.73 Å². The predicted molar refractivity (Wildman–Crippen MR) is 84.7 cm³/mol. The van der Waals surface area contributed by atoms with Crippen molar-refractivity contribution in [3.05, 3.63) is 45.7 Å². The number of hydrogen-bond donors (Lipinski definition) is 1. The number of aromatic nitrogens is 1. The maximum Gasteiger partial charge on any atom is 0.129 e. The first kappa shape index (κ1) is 12.9. The highest BCUT2D eigenvalue weighted by Crippen LogP contribution is 2.46. The Morgan fingerprint density at radius 1 is 1.35 bits per heavy atom. The van der Waals surface area contributed by atoms with E-state index in [0.717, 1.165) is 21.6 Å². The summed E-state index contributed by atoms with van der Waals surface area (Å²) in [6.07, 6.45) is 3.51. The van der Waals surface area contributed by atoms with Gasteiger partial charge in [-0.2, -0.15) is 16.6 Å². The van der Waals surface area contributed by atoms with Gasteiger partial charge >= 0.3 is 0 Å². The molecule has 0 saturated carbocycles. The molecule has 0 bridgehead atoms. The molecule has 0 spiro atoms. The Morgan fingerprint density at radius 3 is 2.80 bits per heavy atom. The lowest BCUT2D eigenvalue weighted by molar-refractivity contribution is 1.33. The molecule has 2 N–H and O–H groups in total. The minimum Gasteiger partial charge on any atom is -0.396 e. The van der Waals surface area contributed by atoms with Gasteiger partial charge in [0.15, 0.2) is 0 Å². The molecule has 0 aromatic carbocycles. The summed E-state index contributed by atoms with van der Waals surface area (Å²) in [4.78, 5) is 5.76. The zero-order valence-corrected chi connectivity index (χ0v) is 12.4. The summed E-state index contributed by atoms with van der Waals surface area (Å²) in [5.41, 5.74) is 10.9. The third kappa shape index (κ3) is 1.99. The maximum atomic E-state index is 9.24. The SMILES string of the molecule is Cc1cscc1-c1sc(C#N)c(N)c1-c1cccnc1. The molecule has 0 fully saturated rings. The van der Waals surface area contributed by atoms with Gasteiger partial charge in [0.2, 0.25) is 0 Å². The van der Waals surface area contributed by atoms with E-state index in [-0.39, 0.29) is 0 Å². The maximum absolute atomic E-state index is 9.24. The van der Waals surface area contributed by atoms with Crippen molar-refractivity contribution < 1.29 is 0 Å². The normalized spacial score (nSPS) is 10.4. The quantitative estimate of drug-likeness (QED) is 0.767. The fourth-order valence-electron chi connectivity index (χ4n) is 2.11. The van der Waals surface area contributed by atoms with E-state index in [1.807, 2.05) is 12.1 Å². The summed E-state index contributed by atoms with van der Waals surface area (Å²) < 4.78 is 0. The van der Waals surface area contributed by atoms with Gasteiger partial charge in [-0.15, -0.1) is 11.3 Å². The number of rotatable bonds is 2. The van der Waals surface area contributed by atoms with E-state index in [9.17, 15) is 5.26 Å². The van der Waals surface area contributed by atoms with Crippen molar-refractivity contribution in [2.24, 2.45) is 0 Å². The average Bonchev–Trinajstić information content (AvgIpc) is 3.03. The summed E-state index contributed by atoms with van der Waals surface area (Å²) in [6, 6.07) is 6.03. The molecule has 3 nitrogen and oxygen atoms in total. The highest BCUT2D eigenvalue weighted by atomic mass is 32.1. The average molecular weight is 297 g/mol. The molecule has 20 heavy (non-hydrogen) atoms. The molecule has 0 aliphatic carbocycles. The number of aryl methyl sites for hydroxylation is 1. The van der Waals surface area contributed by atoms with Crippen LogP contribution in [0.3, 0.4) is 0 Å². The van der Waals surface area contributed by atoms with Gasteiger partial charge in [0.25, 0.3) is 0 Å². The fraction of sp³-hybridized carbons (Fsp3) is 0.0667. The zero-order chi connectivity index (χ0) is 14.1. The number of pyridine rings is 1. The first-order chi connectivity index (χ1) is 9.72. The minimum atomic E-state index is 0.547. The Kier molecular flexibility index (Phi) is 3.26. The molecule has 0 saturated heterocycles. The van der Waals surface area contributed by atoms with Crippen LogP contribution in [0.5, 0.6) is 0 Å². The molecule has 3 aromatic rings. The molecular weight excluding hydrogens is 286 g/mol. The summed E-state index contributed by atoms with van der Waals surface area (Å²) in [5.74, 6) is 0. The number of anilines is 1. The van der Waals surface area contributed by atoms with Gasteiger partial charge in [0, 0.05) is 34.0 Å². The Morgan fingerprint density at radius 2 is 2.20 bits per heavy atom. The minimum absolute atomic E-state index is 0.547. The molecule has 0 radical (unpaired) electrons. The number of thiophene rings is 2. The topological polar surface area (TPSA) is 62.7 Å². The lowest BCUT2D eigenvalue weighted by Crippen LogP contribution is -1.90. The predicted octanol–water partition coefficient (Wildman–Crippen LogP) is 4.30. The molecule has 0 atom stereocenters. The molecule has 0 amide bonds. The van der Waals surface area contributed by atoms with Crippen molar-refractivity contribution >= 4 is 28.4 Å². The molecule has 3 aromatic heterocycles. The van der Waals surface area contributed by atoms with E-state index in [1.54, 1.807) is 23.7 Å². The first-order valence-corrected chi connectivity index (χ1v) is 7.74. The number of nitriles is 1. The summed E-state index contributed by atoms with van der Waals surface area (Å²) in [6.45, 7) is 2.07. The molecule has 5 heteroatoms. The van der Waals surface area contributed by atoms with Crippen molar-refractivity contribution in [3.8, 4) is 27.6 Å². The van der Waals surface area contributed by atoms with E-state index in [1.165, 1.54) is 16.9 Å². The van der Waals surface area contributed by atoms with Gasteiger partial charge in [0.1, 0.15) is 10.9 Å². The van der Waals surface area contributed by atoms with E-state index in [2.05, 4.69) is 28.7 Å². The van der Waals surface area contributed by atoms with Crippen molar-refractivity contribution in [3.63, 3.8) is 0 Å². The van der Waals surface area contributed by atoms with Crippen LogP contribution in [0.2, 0.25) is 0 Å². The molecule has 3 rings (SSSR count). The second-order valence-corrected chi connectivity index (χ2v) is 6.14. The molecule has 98 valence electrons. The van der Waals surface area contributed by atoms with Gasteiger partial charge in [-0.3, -0.25) is 4.98 Å². The Hall–Kier alpha value is -2.16. The van der Waals surface area contributed by atoms with Crippen molar-refractivity contribution in [2.75, 3.05) is 5.73 Å². The van der Waals surface area contributed by atoms with Crippen LogP contribution in [-0.2, 0) is 0 Å². The Bertz CT molecular complexity index is 794. The van der Waals surface area contributed by atoms with Crippen LogP contribution >= 0.6 is 22.7 Å². The van der Waals surface area contributed by atoms with Gasteiger partial charge in [-0.25, -0.2) is 0 Å². The number of nitrogen functional groups attached to an aromatic ring is 1. The summed E-state index contributed by atoms with van der Waals surface area (Å²) >= 11 is 3.10. The largest absolute Gasteiger partial charge is 0.396 e. The van der Waals surface area contributed by atoms with Crippen molar-refractivity contribution in [1.82, 2.24) is 4.98 Å². The van der Waals surface area contributed by atoms with Crippen molar-refractivity contribution in [1.29, 1.82) is 5.26 Å². The third-order valence-corrected chi connectivity index (χ3v) is 5.10. The summed E-state index contributed by atoms with van der Waals surface area (Å²) in [7, 11) is 0. The monoisotopic (exact) mass is 297 g/mol. The van der Waals surface area contributed by atoms with Crippen LogP contribution in [0.25, 0.3) is 21.6 Å². The molecule has 3 heterocycles. The number of nitrogens with two attached hydrogens (primary N) is 1. The Labute approximate surface area is 125 Å². The van der Waals surface area contributed by atoms with Crippen LogP contribution in [-0.4, -0.2) is 4.98 Å². The van der Waals surface area contributed by atoms with Crippen LogP contribution in [0.4, 0.5) is 5.69 Å².